The van der Waals surface area contributed by atoms with Gasteiger partial charge in [-0.2, -0.15) is 5.10 Å². The van der Waals surface area contributed by atoms with Crippen molar-refractivity contribution in [3.63, 3.8) is 0 Å². The van der Waals surface area contributed by atoms with Gasteiger partial charge in [0.2, 0.25) is 0 Å². The lowest BCUT2D eigenvalue weighted by Crippen LogP contribution is -1.90. The first-order valence-corrected chi connectivity index (χ1v) is 3.19. The van der Waals surface area contributed by atoms with Gasteiger partial charge in [0.25, 0.3) is 0 Å². The third-order valence-electron chi connectivity index (χ3n) is 1.39. The van der Waals surface area contributed by atoms with Crippen molar-refractivity contribution < 1.29 is 0 Å². The Labute approximate surface area is 58.7 Å². The highest BCUT2D eigenvalue weighted by molar-refractivity contribution is 5.46. The molecule has 0 unspecified atom stereocenters. The standard InChI is InChI=1S/C7H7N3/c1-2-4-7-8-6-9-10(7)5-3-1/h2-6H,1H2. The van der Waals surface area contributed by atoms with Crippen molar-refractivity contribution in [1.82, 2.24) is 14.8 Å². The Kier molecular flexibility index (Phi) is 1.13. The summed E-state index contributed by atoms with van der Waals surface area (Å²) in [5.41, 5.74) is 0. The summed E-state index contributed by atoms with van der Waals surface area (Å²) in [5, 5.41) is 3.98. The van der Waals surface area contributed by atoms with Gasteiger partial charge in [-0.25, -0.2) is 9.67 Å². The van der Waals surface area contributed by atoms with Gasteiger partial charge in [0.05, 0.1) is 0 Å². The summed E-state index contributed by atoms with van der Waals surface area (Å²) < 4.78 is 1.75. The molecule has 10 heavy (non-hydrogen) atoms. The zero-order valence-corrected chi connectivity index (χ0v) is 5.44. The van der Waals surface area contributed by atoms with Gasteiger partial charge in [0, 0.05) is 6.20 Å². The van der Waals surface area contributed by atoms with Crippen LogP contribution in [0.5, 0.6) is 0 Å². The molecule has 0 saturated carbocycles. The molecule has 1 aliphatic heterocycles. The highest BCUT2D eigenvalue weighted by atomic mass is 15.3. The summed E-state index contributed by atoms with van der Waals surface area (Å²) in [7, 11) is 0. The summed E-state index contributed by atoms with van der Waals surface area (Å²) in [6.07, 6.45) is 10.5. The Hall–Kier alpha value is -1.38. The van der Waals surface area contributed by atoms with Gasteiger partial charge in [0.1, 0.15) is 6.33 Å². The van der Waals surface area contributed by atoms with E-state index in [9.17, 15) is 0 Å². The SMILES string of the molecule is C1=Cc2ncnn2C=CC1. The van der Waals surface area contributed by atoms with Crippen LogP contribution in [-0.2, 0) is 0 Å². The fourth-order valence-corrected chi connectivity index (χ4v) is 0.906. The van der Waals surface area contributed by atoms with E-state index in [1.165, 1.54) is 0 Å². The maximum absolute atomic E-state index is 4.03. The largest absolute Gasteiger partial charge is 0.222 e. The Bertz CT molecular complexity index is 256. The minimum Gasteiger partial charge on any atom is -0.222 e. The first kappa shape index (κ1) is 5.41. The van der Waals surface area contributed by atoms with E-state index in [4.69, 9.17) is 0 Å². The van der Waals surface area contributed by atoms with E-state index in [1.54, 1.807) is 11.0 Å². The molecule has 2 heterocycles. The van der Waals surface area contributed by atoms with Gasteiger partial charge in [-0.1, -0.05) is 12.2 Å². The number of allylic oxidation sites excluding steroid dienone is 2. The van der Waals surface area contributed by atoms with E-state index in [-0.39, 0.29) is 0 Å². The maximum atomic E-state index is 4.03. The van der Waals surface area contributed by atoms with Gasteiger partial charge in [-0.3, -0.25) is 0 Å². The Balaban J connectivity index is 2.56. The predicted molar refractivity (Wildman–Crippen MR) is 39.0 cm³/mol. The summed E-state index contributed by atoms with van der Waals surface area (Å²) in [6, 6.07) is 0. The topological polar surface area (TPSA) is 30.7 Å². The molecule has 1 aliphatic rings. The maximum Gasteiger partial charge on any atom is 0.154 e. The van der Waals surface area contributed by atoms with Crippen molar-refractivity contribution in [2.75, 3.05) is 0 Å². The summed E-state index contributed by atoms with van der Waals surface area (Å²) in [5.74, 6) is 0.897. The third-order valence-corrected chi connectivity index (χ3v) is 1.39. The highest BCUT2D eigenvalue weighted by Gasteiger charge is 1.96. The molecule has 0 saturated heterocycles. The second-order valence-electron chi connectivity index (χ2n) is 2.09. The second-order valence-corrected chi connectivity index (χ2v) is 2.09. The van der Waals surface area contributed by atoms with Gasteiger partial charge < -0.3 is 0 Å². The molecule has 0 atom stereocenters. The fourth-order valence-electron chi connectivity index (χ4n) is 0.906. The minimum atomic E-state index is 0.897. The molecule has 0 bridgehead atoms. The molecule has 0 aromatic carbocycles. The lowest BCUT2D eigenvalue weighted by Gasteiger charge is -1.88. The number of hydrogen-bond donors (Lipinski definition) is 0. The molecule has 50 valence electrons. The fraction of sp³-hybridized carbons (Fsp3) is 0.143. The van der Waals surface area contributed by atoms with E-state index in [1.807, 2.05) is 18.4 Å². The molecule has 1 aromatic heterocycles. The second kappa shape index (κ2) is 2.10. The van der Waals surface area contributed by atoms with Crippen LogP contribution in [0.4, 0.5) is 0 Å². The van der Waals surface area contributed by atoms with Gasteiger partial charge >= 0.3 is 0 Å². The van der Waals surface area contributed by atoms with Crippen molar-refractivity contribution in [1.29, 1.82) is 0 Å². The number of rotatable bonds is 0. The number of aromatic nitrogens is 3. The molecule has 0 radical (unpaired) electrons. The quantitative estimate of drug-likeness (QED) is 0.531. The van der Waals surface area contributed by atoms with E-state index in [0.29, 0.717) is 0 Å². The molecule has 3 nitrogen and oxygen atoms in total. The third kappa shape index (κ3) is 0.757. The molecule has 1 aromatic rings. The van der Waals surface area contributed by atoms with Crippen LogP contribution >= 0.6 is 0 Å². The normalized spacial score (nSPS) is 14.8. The molecule has 0 spiro atoms. The number of fused-ring (bicyclic) bond motifs is 1. The first-order chi connectivity index (χ1) is 4.97. The Morgan fingerprint density at radius 1 is 1.40 bits per heavy atom. The van der Waals surface area contributed by atoms with Crippen molar-refractivity contribution in [3.05, 3.63) is 24.3 Å². The Morgan fingerprint density at radius 3 is 3.40 bits per heavy atom. The van der Waals surface area contributed by atoms with Crippen molar-refractivity contribution in [3.8, 4) is 0 Å². The van der Waals surface area contributed by atoms with Crippen molar-refractivity contribution >= 4 is 12.3 Å². The van der Waals surface area contributed by atoms with Crippen LogP contribution < -0.4 is 0 Å². The highest BCUT2D eigenvalue weighted by Crippen LogP contribution is 2.03. The smallest absolute Gasteiger partial charge is 0.154 e. The molecule has 0 fully saturated rings. The number of nitrogens with zero attached hydrogens (tertiary/aromatic N) is 3. The van der Waals surface area contributed by atoms with Gasteiger partial charge in [-0.05, 0) is 12.5 Å². The first-order valence-electron chi connectivity index (χ1n) is 3.19. The van der Waals surface area contributed by atoms with Crippen LogP contribution in [0.1, 0.15) is 12.2 Å². The van der Waals surface area contributed by atoms with E-state index < -0.39 is 0 Å². The molecular weight excluding hydrogens is 126 g/mol. The zero-order chi connectivity index (χ0) is 6.81. The van der Waals surface area contributed by atoms with Crippen LogP contribution in [0.25, 0.3) is 12.3 Å². The van der Waals surface area contributed by atoms with Crippen molar-refractivity contribution in [2.45, 2.75) is 6.42 Å². The zero-order valence-electron chi connectivity index (χ0n) is 5.44. The van der Waals surface area contributed by atoms with E-state index in [2.05, 4.69) is 16.2 Å². The van der Waals surface area contributed by atoms with Crippen LogP contribution in [0, 0.1) is 0 Å². The minimum absolute atomic E-state index is 0.897. The molecule has 0 amide bonds. The molecular formula is C7H7N3. The van der Waals surface area contributed by atoms with Gasteiger partial charge in [0.15, 0.2) is 5.82 Å². The van der Waals surface area contributed by atoms with Crippen LogP contribution in [0.3, 0.4) is 0 Å². The summed E-state index contributed by atoms with van der Waals surface area (Å²) in [6.45, 7) is 0. The lowest BCUT2D eigenvalue weighted by atomic mass is 10.4. The van der Waals surface area contributed by atoms with Gasteiger partial charge in [-0.15, -0.1) is 0 Å². The van der Waals surface area contributed by atoms with Crippen LogP contribution in [-0.4, -0.2) is 14.8 Å². The van der Waals surface area contributed by atoms with E-state index in [0.717, 1.165) is 12.2 Å². The summed E-state index contributed by atoms with van der Waals surface area (Å²) in [4.78, 5) is 4.03. The monoisotopic (exact) mass is 133 g/mol. The molecule has 0 aliphatic carbocycles. The van der Waals surface area contributed by atoms with Crippen LogP contribution in [0.2, 0.25) is 0 Å². The number of hydrogen-bond acceptors (Lipinski definition) is 2. The molecule has 3 heteroatoms. The van der Waals surface area contributed by atoms with Crippen molar-refractivity contribution in [2.24, 2.45) is 0 Å². The lowest BCUT2D eigenvalue weighted by molar-refractivity contribution is 0.922. The average molecular weight is 133 g/mol. The average Bonchev–Trinajstić information content (AvgIpc) is 2.28. The summed E-state index contributed by atoms with van der Waals surface area (Å²) >= 11 is 0. The Morgan fingerprint density at radius 2 is 2.40 bits per heavy atom. The van der Waals surface area contributed by atoms with E-state index >= 15 is 0 Å². The molecule has 2 rings (SSSR count). The van der Waals surface area contributed by atoms with Crippen LogP contribution in [0.15, 0.2) is 18.5 Å². The predicted octanol–water partition coefficient (Wildman–Crippen LogP) is 1.17. The molecule has 0 N–H and O–H groups in total.